The number of likely N-dealkylation sites (tertiary alicyclic amines) is 4. The number of para-hydroxylation sites is 6. The number of ether oxygens (including phenoxy) is 6. The summed E-state index contributed by atoms with van der Waals surface area (Å²) in [5.74, 6) is 1.41. The molecule has 8 aromatic carbocycles. The normalized spacial score (nSPS) is 16.5. The fourth-order valence-electron chi connectivity index (χ4n) is 19.3. The van der Waals surface area contributed by atoms with Gasteiger partial charge in [0, 0.05) is 186 Å². The van der Waals surface area contributed by atoms with Gasteiger partial charge in [0.2, 0.25) is 5.88 Å². The summed E-state index contributed by atoms with van der Waals surface area (Å²) in [6.07, 6.45) is -3.65. The summed E-state index contributed by atoms with van der Waals surface area (Å²) in [7, 11) is 7.05. The average molecular weight is 1890 g/mol. The first kappa shape index (κ1) is 89.9. The van der Waals surface area contributed by atoms with Crippen LogP contribution in [-0.2, 0) is 62.1 Å². The molecule has 0 atom stereocenters. The molecule has 0 radical (unpaired) electrons. The Labute approximate surface area is 775 Å². The van der Waals surface area contributed by atoms with Gasteiger partial charge in [0.25, 0.3) is 23.6 Å². The molecule has 135 heavy (non-hydrogen) atoms. The Bertz CT molecular complexity index is 6850. The molecule has 14 aromatic rings. The molecule has 0 saturated carbocycles. The third-order valence-corrected chi connectivity index (χ3v) is 27.2. The zero-order valence-electron chi connectivity index (χ0n) is 72.9. The number of carbonyl (C=O) groups is 4. The second kappa shape index (κ2) is 35.3. The molecular weight excluding hydrogens is 1800 g/mol. The van der Waals surface area contributed by atoms with Crippen molar-refractivity contribution in [2.75, 3.05) is 59.5 Å². The highest BCUT2D eigenvalue weighted by Crippen LogP contribution is 2.55. The number of amides is 4. The second-order valence-corrected chi connectivity index (χ2v) is 35.3. The van der Waals surface area contributed by atoms with Crippen LogP contribution in [0.1, 0.15) is 132 Å². The third kappa shape index (κ3) is 16.9. The van der Waals surface area contributed by atoms with Crippen LogP contribution in [0.2, 0.25) is 5.02 Å². The molecule has 14 heterocycles. The number of nitrogens with zero attached hydrogens (tertiary/aromatic N) is 13. The summed E-state index contributed by atoms with van der Waals surface area (Å²) in [5, 5.41) is 16.7. The number of thiazole rings is 1. The molecule has 22 rings (SSSR count). The number of piperidine rings is 4. The number of aryl methyl sites for hydroxylation is 3. The number of benzene rings is 8. The Morgan fingerprint density at radius 3 is 1.42 bits per heavy atom. The van der Waals surface area contributed by atoms with Gasteiger partial charge in [-0.2, -0.15) is 54.8 Å². The van der Waals surface area contributed by atoms with Crippen molar-refractivity contribution in [3.8, 4) is 90.4 Å². The van der Waals surface area contributed by atoms with E-state index in [2.05, 4.69) is 31.3 Å². The lowest BCUT2D eigenvalue weighted by Gasteiger charge is -2.45. The Morgan fingerprint density at radius 2 is 0.896 bits per heavy atom. The number of carbonyl (C=O) groups excluding carboxylic acids is 4. The summed E-state index contributed by atoms with van der Waals surface area (Å²) >= 11 is 7.73. The van der Waals surface area contributed by atoms with Gasteiger partial charge in [0.05, 0.1) is 70.9 Å². The van der Waals surface area contributed by atoms with Crippen LogP contribution in [-0.4, -0.2) is 147 Å². The van der Waals surface area contributed by atoms with E-state index in [4.69, 9.17) is 40.0 Å². The van der Waals surface area contributed by atoms with Crippen LogP contribution in [0.3, 0.4) is 0 Å². The van der Waals surface area contributed by atoms with E-state index >= 15 is 0 Å². The highest BCUT2D eigenvalue weighted by molar-refractivity contribution is 7.13. The van der Waals surface area contributed by atoms with Crippen molar-refractivity contribution >= 4 is 46.6 Å². The van der Waals surface area contributed by atoms with Gasteiger partial charge in [0.1, 0.15) is 67.5 Å². The van der Waals surface area contributed by atoms with Crippen LogP contribution >= 0.6 is 22.9 Å². The number of hydrogen-bond donors (Lipinski definition) is 0. The molecular formula is C100H84ClF10N13O10S. The Hall–Kier alpha value is -14.3. The maximum atomic E-state index is 14.1. The average Bonchev–Trinajstić information content (AvgIpc) is 1.62. The SMILES string of the molecule is COc1c(F)cccc1C(=O)N1CCC2(CC1)Oc1cc(Cl)ccc1-c1c2cnn1C.Cn1ncc2c1-c1ccccc1OC21CCN(C(=O)c2cc(C(F)(F)F)cc(C(F)(F)F)c2)CC1.Cn1ncc2c1-c1ccccc1OC21CCN(C(=O)c2csc(-c3ccccc3)n2)CC1.O=C(c1cccnc1Oc1ccccc1)N1CCC2(CC1)Oc1ccccc1-n1c(C(F)(F)F)ccc12. The fourth-order valence-corrected chi connectivity index (χ4v) is 20.3. The molecule has 6 aromatic heterocycles. The summed E-state index contributed by atoms with van der Waals surface area (Å²) < 4.78 is 179. The monoisotopic (exact) mass is 1880 g/mol. The number of halogens is 11. The number of pyridine rings is 1. The van der Waals surface area contributed by atoms with E-state index in [-0.39, 0.29) is 54.1 Å². The van der Waals surface area contributed by atoms with Gasteiger partial charge in [0.15, 0.2) is 17.2 Å². The molecule has 8 aliphatic rings. The van der Waals surface area contributed by atoms with Crippen LogP contribution in [0.15, 0.2) is 242 Å². The molecule has 692 valence electrons. The Morgan fingerprint density at radius 1 is 0.444 bits per heavy atom. The third-order valence-electron chi connectivity index (χ3n) is 26.1. The van der Waals surface area contributed by atoms with E-state index in [0.717, 1.165) is 91.4 Å². The van der Waals surface area contributed by atoms with E-state index in [1.807, 2.05) is 155 Å². The van der Waals surface area contributed by atoms with Crippen molar-refractivity contribution in [2.24, 2.45) is 21.1 Å². The zero-order chi connectivity index (χ0) is 94.3. The van der Waals surface area contributed by atoms with Gasteiger partial charge in [-0.25, -0.2) is 14.4 Å². The quantitative estimate of drug-likeness (QED) is 0.129. The minimum absolute atomic E-state index is 0.0131. The number of aromatic nitrogens is 9. The fraction of sp³-hybridized carbons (Fsp3) is 0.270. The first-order chi connectivity index (χ1) is 64.8. The van der Waals surface area contributed by atoms with Crippen molar-refractivity contribution < 1.29 is 91.5 Å². The summed E-state index contributed by atoms with van der Waals surface area (Å²) in [6, 6.07) is 58.2. The molecule has 4 fully saturated rings. The first-order valence-corrected chi connectivity index (χ1v) is 44.8. The number of fused-ring (bicyclic) bond motifs is 16. The summed E-state index contributed by atoms with van der Waals surface area (Å²) in [6.45, 7) is 2.94. The van der Waals surface area contributed by atoms with E-state index < -0.39 is 75.0 Å². The van der Waals surface area contributed by atoms with Crippen molar-refractivity contribution in [3.05, 3.63) is 315 Å². The van der Waals surface area contributed by atoms with Crippen LogP contribution in [0.4, 0.5) is 43.9 Å². The number of rotatable bonds is 8. The van der Waals surface area contributed by atoms with E-state index in [0.29, 0.717) is 135 Å². The standard InChI is InChI=1S/C28H22F3N3O3.C25H22N4O2S.C24H19F6N3O2.C23H21ClFN3O3/c29-28(30,31)24-13-12-23-27(37-22-11-5-4-10-21(22)34(23)24)14-17-33(18-15-27)26(35)20-9-6-16-32-25(20)36-19-7-2-1-3-8-19;1-28-22-18-9-5-6-10-21(18)31-25(19(22)15-26-28)11-13-29(14-12-25)24(30)20-16-32-23(27-20)17-7-3-2-4-8-17;1-32-20-17-4-2-3-5-19(17)35-22(18(20)13-31-32)6-8-33(9-7-22)21(34)14-10-15(23(25,26)27)12-16(11-14)24(28,29)30;1-27-20-15-7-6-14(24)12-19(15)31-23(17(20)13-26-27)8-10-28(11-9-23)22(29)16-4-3-5-18(25)21(16)30-2/h1-13,16H,14-15,17-18H2;2-10,15-16H,11-14H2,1H3;2-5,10-13H,6-9H2,1H3;3-7,12-13H,8-11H2,1-2H3. The molecule has 8 aliphatic heterocycles. The number of hydrogen-bond acceptors (Lipinski definition) is 16. The smallest absolute Gasteiger partial charge is 0.431 e. The van der Waals surface area contributed by atoms with Gasteiger partial charge in [-0.3, -0.25) is 33.2 Å². The lowest BCUT2D eigenvalue weighted by Crippen LogP contribution is -2.50. The van der Waals surface area contributed by atoms with E-state index in [9.17, 15) is 63.1 Å². The van der Waals surface area contributed by atoms with Crippen molar-refractivity contribution in [1.82, 2.24) is 63.5 Å². The van der Waals surface area contributed by atoms with Crippen molar-refractivity contribution in [3.63, 3.8) is 0 Å². The van der Waals surface area contributed by atoms with Crippen LogP contribution in [0.25, 0.3) is 50.0 Å². The van der Waals surface area contributed by atoms with Gasteiger partial charge < -0.3 is 52.6 Å². The molecule has 0 aliphatic carbocycles. The van der Waals surface area contributed by atoms with Gasteiger partial charge in [-0.15, -0.1) is 11.3 Å². The molecule has 4 saturated heterocycles. The van der Waals surface area contributed by atoms with Gasteiger partial charge >= 0.3 is 18.5 Å². The van der Waals surface area contributed by atoms with Crippen LogP contribution in [0, 0.1) is 5.82 Å². The van der Waals surface area contributed by atoms with Crippen molar-refractivity contribution in [1.29, 1.82) is 0 Å². The molecule has 0 unspecified atom stereocenters. The maximum Gasteiger partial charge on any atom is 0.431 e. The Kier molecular flexibility index (Phi) is 23.5. The largest absolute Gasteiger partial charge is 0.493 e. The minimum Gasteiger partial charge on any atom is -0.493 e. The number of alkyl halides is 9. The lowest BCUT2D eigenvalue weighted by atomic mass is 9.81. The minimum atomic E-state index is -5.03. The van der Waals surface area contributed by atoms with Crippen LogP contribution < -0.4 is 28.4 Å². The lowest BCUT2D eigenvalue weighted by molar-refractivity contribution is -0.144. The van der Waals surface area contributed by atoms with Crippen LogP contribution in [0.5, 0.6) is 40.4 Å². The molecule has 4 amide bonds. The van der Waals surface area contributed by atoms with E-state index in [1.165, 1.54) is 46.1 Å². The first-order valence-electron chi connectivity index (χ1n) is 43.5. The van der Waals surface area contributed by atoms with Gasteiger partial charge in [-0.1, -0.05) is 103 Å². The maximum absolute atomic E-state index is 14.1. The van der Waals surface area contributed by atoms with Crippen molar-refractivity contribution in [2.45, 2.75) is 92.3 Å². The molecule has 23 nitrogen and oxygen atoms in total. The summed E-state index contributed by atoms with van der Waals surface area (Å²) in [4.78, 5) is 68.2. The Balaban J connectivity index is 0.000000116. The zero-order valence-corrected chi connectivity index (χ0v) is 74.4. The van der Waals surface area contributed by atoms with Gasteiger partial charge in [-0.05, 0) is 121 Å². The highest BCUT2D eigenvalue weighted by atomic mass is 35.5. The topological polar surface area (TPSA) is 221 Å². The summed E-state index contributed by atoms with van der Waals surface area (Å²) in [5.41, 5.74) is 4.49. The number of methoxy groups -OCH3 is 1. The second-order valence-electron chi connectivity index (χ2n) is 34.0. The van der Waals surface area contributed by atoms with E-state index in [1.54, 1.807) is 88.5 Å². The predicted octanol–water partition coefficient (Wildman–Crippen LogP) is 21.0. The predicted molar refractivity (Wildman–Crippen MR) is 479 cm³/mol. The highest BCUT2D eigenvalue weighted by Gasteiger charge is 2.53. The molecule has 0 N–H and O–H groups in total. The molecule has 35 heteroatoms. The molecule has 4 spiro atoms. The molecule has 0 bridgehead atoms.